The number of likely N-dealkylation sites (tertiary alicyclic amines) is 1. The van der Waals surface area contributed by atoms with Gasteiger partial charge in [0.25, 0.3) is 5.89 Å². The van der Waals surface area contributed by atoms with E-state index in [1.807, 2.05) is 36.5 Å². The van der Waals surface area contributed by atoms with Crippen molar-refractivity contribution < 1.29 is 4.52 Å². The van der Waals surface area contributed by atoms with E-state index in [0.29, 0.717) is 17.6 Å². The van der Waals surface area contributed by atoms with Gasteiger partial charge in [-0.25, -0.2) is 5.84 Å². The van der Waals surface area contributed by atoms with Gasteiger partial charge in [-0.05, 0) is 40.6 Å². The second-order valence-electron chi connectivity index (χ2n) is 8.57. The quantitative estimate of drug-likeness (QED) is 0.139. The number of hydrogen-bond acceptors (Lipinski definition) is 7. The minimum Gasteiger partial charge on any atom is -0.361 e. The van der Waals surface area contributed by atoms with E-state index in [0.717, 1.165) is 47.1 Å². The minimum atomic E-state index is 0.240. The summed E-state index contributed by atoms with van der Waals surface area (Å²) in [4.78, 5) is 10.3. The van der Waals surface area contributed by atoms with Crippen molar-refractivity contribution >= 4 is 27.5 Å². The molecular weight excluding hydrogens is 428 g/mol. The molecule has 1 fully saturated rings. The molecule has 0 amide bonds. The molecule has 0 spiro atoms. The SMILES string of the molecule is N/N=C(\NN)C1CN(Cc2ccc(-c3noc(-c4ccc5[nH]ccc5c4)n3)c3ccccc23)C1. The van der Waals surface area contributed by atoms with Crippen LogP contribution in [0, 0.1) is 5.92 Å². The van der Waals surface area contributed by atoms with Gasteiger partial charge in [0.1, 0.15) is 5.84 Å². The van der Waals surface area contributed by atoms with Crippen LogP contribution in [-0.4, -0.2) is 38.9 Å². The fraction of sp³-hybridized carbons (Fsp3) is 0.160. The molecule has 1 saturated heterocycles. The number of aromatic nitrogens is 3. The molecule has 0 unspecified atom stereocenters. The number of hydrazine groups is 1. The highest BCUT2D eigenvalue weighted by atomic mass is 16.5. The summed E-state index contributed by atoms with van der Waals surface area (Å²) in [7, 11) is 0. The van der Waals surface area contributed by atoms with Gasteiger partial charge in [-0.2, -0.15) is 10.1 Å². The molecule has 170 valence electrons. The van der Waals surface area contributed by atoms with E-state index in [9.17, 15) is 0 Å². The molecule has 5 aromatic rings. The van der Waals surface area contributed by atoms with Gasteiger partial charge >= 0.3 is 0 Å². The number of amidine groups is 1. The number of H-pyrrole nitrogens is 1. The van der Waals surface area contributed by atoms with Crippen LogP contribution >= 0.6 is 0 Å². The van der Waals surface area contributed by atoms with Crippen molar-refractivity contribution in [2.24, 2.45) is 22.7 Å². The number of benzene rings is 3. The molecule has 0 bridgehead atoms. The number of rotatable bonds is 5. The lowest BCUT2D eigenvalue weighted by Crippen LogP contribution is -2.54. The monoisotopic (exact) mass is 452 g/mol. The number of nitrogens with one attached hydrogen (secondary N) is 2. The van der Waals surface area contributed by atoms with E-state index in [4.69, 9.17) is 21.2 Å². The van der Waals surface area contributed by atoms with Crippen molar-refractivity contribution in [2.45, 2.75) is 6.54 Å². The summed E-state index contributed by atoms with van der Waals surface area (Å²) in [6, 6.07) is 20.6. The lowest BCUT2D eigenvalue weighted by Gasteiger charge is -2.39. The maximum Gasteiger partial charge on any atom is 0.258 e. The molecule has 34 heavy (non-hydrogen) atoms. The third-order valence-corrected chi connectivity index (χ3v) is 6.51. The van der Waals surface area contributed by atoms with Gasteiger partial charge in [0.15, 0.2) is 0 Å². The molecule has 6 N–H and O–H groups in total. The number of hydrogen-bond donors (Lipinski definition) is 4. The van der Waals surface area contributed by atoms with E-state index in [2.05, 4.69) is 55.9 Å². The van der Waals surface area contributed by atoms with Gasteiger partial charge in [0, 0.05) is 53.8 Å². The molecule has 9 nitrogen and oxygen atoms in total. The lowest BCUT2D eigenvalue weighted by atomic mass is 9.95. The number of nitrogens with two attached hydrogens (primary N) is 2. The van der Waals surface area contributed by atoms with E-state index in [-0.39, 0.29) is 5.92 Å². The van der Waals surface area contributed by atoms with Crippen LogP contribution in [0.4, 0.5) is 0 Å². The highest BCUT2D eigenvalue weighted by molar-refractivity contribution is 5.97. The molecule has 6 rings (SSSR count). The van der Waals surface area contributed by atoms with Crippen LogP contribution in [-0.2, 0) is 6.54 Å². The topological polar surface area (TPSA) is 134 Å². The summed E-state index contributed by atoms with van der Waals surface area (Å²) >= 11 is 0. The van der Waals surface area contributed by atoms with Gasteiger partial charge in [0.05, 0.1) is 0 Å². The van der Waals surface area contributed by atoms with E-state index in [1.54, 1.807) is 0 Å². The van der Waals surface area contributed by atoms with Gasteiger partial charge in [-0.3, -0.25) is 4.90 Å². The van der Waals surface area contributed by atoms with Gasteiger partial charge < -0.3 is 20.8 Å². The fourth-order valence-electron chi connectivity index (χ4n) is 4.70. The Kier molecular flexibility index (Phi) is 4.97. The van der Waals surface area contributed by atoms with E-state index < -0.39 is 0 Å². The highest BCUT2D eigenvalue weighted by Gasteiger charge is 2.31. The Morgan fingerprint density at radius 2 is 1.97 bits per heavy atom. The second kappa shape index (κ2) is 8.29. The van der Waals surface area contributed by atoms with Crippen LogP contribution in [0.5, 0.6) is 0 Å². The Bertz CT molecular complexity index is 1510. The fourth-order valence-corrected chi connectivity index (χ4v) is 4.70. The van der Waals surface area contributed by atoms with E-state index in [1.165, 1.54) is 10.9 Å². The van der Waals surface area contributed by atoms with Crippen molar-refractivity contribution in [3.8, 4) is 22.8 Å². The zero-order valence-electron chi connectivity index (χ0n) is 18.4. The van der Waals surface area contributed by atoms with Gasteiger partial charge in [-0.15, -0.1) is 0 Å². The Labute approximate surface area is 195 Å². The smallest absolute Gasteiger partial charge is 0.258 e. The van der Waals surface area contributed by atoms with E-state index >= 15 is 0 Å². The Hall–Kier alpha value is -4.21. The second-order valence-corrected chi connectivity index (χ2v) is 8.57. The molecule has 3 aromatic carbocycles. The molecule has 1 aliphatic heterocycles. The third kappa shape index (κ3) is 3.47. The van der Waals surface area contributed by atoms with Gasteiger partial charge in [-0.1, -0.05) is 41.6 Å². The van der Waals surface area contributed by atoms with Crippen LogP contribution < -0.4 is 17.1 Å². The molecule has 0 saturated carbocycles. The van der Waals surface area contributed by atoms with Crippen molar-refractivity contribution in [1.82, 2.24) is 25.5 Å². The van der Waals surface area contributed by atoms with Gasteiger partial charge in [0.2, 0.25) is 5.82 Å². The maximum atomic E-state index is 5.64. The maximum absolute atomic E-state index is 5.64. The number of aromatic amines is 1. The molecule has 0 aliphatic carbocycles. The Balaban J connectivity index is 1.29. The highest BCUT2D eigenvalue weighted by Crippen LogP contribution is 2.32. The Morgan fingerprint density at radius 3 is 2.79 bits per heavy atom. The summed E-state index contributed by atoms with van der Waals surface area (Å²) in [6.07, 6.45) is 1.92. The molecule has 3 heterocycles. The first-order valence-corrected chi connectivity index (χ1v) is 11.1. The first-order chi connectivity index (χ1) is 16.7. The Morgan fingerprint density at radius 1 is 1.12 bits per heavy atom. The molecular formula is C25H24N8O. The predicted molar refractivity (Wildman–Crippen MR) is 132 cm³/mol. The molecule has 0 radical (unpaired) electrons. The first kappa shape index (κ1) is 20.4. The number of fused-ring (bicyclic) bond motifs is 2. The van der Waals surface area contributed by atoms with Crippen LogP contribution in [0.2, 0.25) is 0 Å². The minimum absolute atomic E-state index is 0.240. The average Bonchev–Trinajstić information content (AvgIpc) is 3.52. The zero-order valence-corrected chi connectivity index (χ0v) is 18.4. The van der Waals surface area contributed by atoms with Crippen LogP contribution in [0.1, 0.15) is 5.56 Å². The summed E-state index contributed by atoms with van der Waals surface area (Å²) < 4.78 is 5.64. The largest absolute Gasteiger partial charge is 0.361 e. The average molecular weight is 453 g/mol. The molecule has 1 aliphatic rings. The lowest BCUT2D eigenvalue weighted by molar-refractivity contribution is 0.132. The van der Waals surface area contributed by atoms with Crippen molar-refractivity contribution in [2.75, 3.05) is 13.1 Å². The summed E-state index contributed by atoms with van der Waals surface area (Å²) in [6.45, 7) is 2.54. The van der Waals surface area contributed by atoms with Crippen LogP contribution in [0.15, 0.2) is 76.5 Å². The molecule has 9 heteroatoms. The van der Waals surface area contributed by atoms with Crippen molar-refractivity contribution in [1.29, 1.82) is 0 Å². The van der Waals surface area contributed by atoms with Crippen molar-refractivity contribution in [3.05, 3.63) is 72.4 Å². The summed E-state index contributed by atoms with van der Waals surface area (Å²) in [5.74, 6) is 12.9. The first-order valence-electron chi connectivity index (χ1n) is 11.1. The summed E-state index contributed by atoms with van der Waals surface area (Å²) in [5, 5.41) is 11.4. The predicted octanol–water partition coefficient (Wildman–Crippen LogP) is 3.21. The normalized spacial score (nSPS) is 15.1. The molecule has 2 aromatic heterocycles. The summed E-state index contributed by atoms with van der Waals surface area (Å²) in [5.41, 5.74) is 6.75. The van der Waals surface area contributed by atoms with Crippen LogP contribution in [0.25, 0.3) is 44.5 Å². The number of hydrazone groups is 1. The standard InChI is InChI=1S/C25H24N8O/c26-30-23(31-27)18-13-33(14-18)12-17-5-7-21(20-4-2-1-3-19(17)20)24-29-25(34-32-24)16-6-8-22-15(11-16)9-10-28-22/h1-11,18,28H,12-14,26-27H2,(H,30,31). The van der Waals surface area contributed by atoms with Crippen molar-refractivity contribution in [3.63, 3.8) is 0 Å². The number of nitrogens with zero attached hydrogens (tertiary/aromatic N) is 4. The zero-order chi connectivity index (χ0) is 23.1. The molecule has 0 atom stereocenters. The third-order valence-electron chi connectivity index (χ3n) is 6.51. The van der Waals surface area contributed by atoms with Crippen LogP contribution in [0.3, 0.4) is 0 Å².